The average Bonchev–Trinajstić information content (AvgIpc) is 2.09. The number of carbonyl (C=O) groups excluding carboxylic acids is 4. The molecule has 0 saturated carbocycles. The van der Waals surface area contributed by atoms with Crippen LogP contribution in [0.4, 0.5) is 0 Å². The van der Waals surface area contributed by atoms with Crippen molar-refractivity contribution >= 4 is 39.5 Å². The van der Waals surface area contributed by atoms with Gasteiger partial charge in [-0.25, -0.2) is 9.13 Å². The first-order valence-corrected chi connectivity index (χ1v) is 42.6. The van der Waals surface area contributed by atoms with Gasteiger partial charge in [0.1, 0.15) is 19.3 Å². The predicted molar refractivity (Wildman–Crippen MR) is 386 cm³/mol. The summed E-state index contributed by atoms with van der Waals surface area (Å²) in [4.78, 5) is 72.8. The van der Waals surface area contributed by atoms with Gasteiger partial charge in [0.2, 0.25) is 0 Å². The van der Waals surface area contributed by atoms with E-state index >= 15 is 0 Å². The Hall–Kier alpha value is -1.94. The molecule has 0 saturated heterocycles. The zero-order valence-electron chi connectivity index (χ0n) is 61.8. The number of phosphoric ester groups is 2. The van der Waals surface area contributed by atoms with Gasteiger partial charge in [-0.15, -0.1) is 0 Å². The highest BCUT2D eigenvalue weighted by atomic mass is 31.2. The van der Waals surface area contributed by atoms with Crippen molar-refractivity contribution in [2.24, 2.45) is 5.92 Å². The third kappa shape index (κ3) is 70.3. The lowest BCUT2D eigenvalue weighted by Gasteiger charge is -2.21. The lowest BCUT2D eigenvalue weighted by Crippen LogP contribution is -2.30. The maximum Gasteiger partial charge on any atom is 0.472 e. The Labute approximate surface area is 581 Å². The predicted octanol–water partition coefficient (Wildman–Crippen LogP) is 22.5. The van der Waals surface area contributed by atoms with Crippen molar-refractivity contribution in [3.63, 3.8) is 0 Å². The van der Waals surface area contributed by atoms with Crippen LogP contribution in [-0.2, 0) is 65.4 Å². The molecule has 2 unspecified atom stereocenters. The minimum atomic E-state index is -4.96. The van der Waals surface area contributed by atoms with Gasteiger partial charge in [-0.2, -0.15) is 0 Å². The highest BCUT2D eigenvalue weighted by Gasteiger charge is 2.30. The topological polar surface area (TPSA) is 237 Å². The molecule has 0 rings (SSSR count). The van der Waals surface area contributed by atoms with Crippen molar-refractivity contribution in [3.05, 3.63) is 0 Å². The van der Waals surface area contributed by atoms with E-state index in [2.05, 4.69) is 34.6 Å². The van der Waals surface area contributed by atoms with Gasteiger partial charge in [-0.3, -0.25) is 37.3 Å². The molecule has 0 aromatic heterocycles. The SMILES string of the molecule is CCCCCCCCCCCCCCCCCCCC(=O)OC[C@H](COP(=O)(O)OC[C@@H](O)COP(=O)(O)OC[C@@H](COC(=O)CCCCCCCCCCCC)OC(=O)CCCCCCCCCCCCC)OC(=O)CCCCCCCCCCCCCCCCC(C)C. The fraction of sp³-hybridized carbons (Fsp3) is 0.947. The van der Waals surface area contributed by atoms with E-state index in [1.807, 2.05) is 0 Å². The van der Waals surface area contributed by atoms with Crippen molar-refractivity contribution in [3.8, 4) is 0 Å². The summed E-state index contributed by atoms with van der Waals surface area (Å²) < 4.78 is 68.5. The van der Waals surface area contributed by atoms with E-state index in [9.17, 15) is 43.2 Å². The Balaban J connectivity index is 5.22. The number of hydrogen-bond donors (Lipinski definition) is 3. The molecule has 5 atom stereocenters. The quantitative estimate of drug-likeness (QED) is 0.0222. The summed E-state index contributed by atoms with van der Waals surface area (Å²) in [6.07, 6.45) is 58.1. The molecule has 0 aromatic rings. The zero-order chi connectivity index (χ0) is 69.8. The number of hydrogen-bond acceptors (Lipinski definition) is 15. The Bertz CT molecular complexity index is 1820. The molecule has 0 bridgehead atoms. The van der Waals surface area contributed by atoms with Crippen LogP contribution in [0.2, 0.25) is 0 Å². The zero-order valence-corrected chi connectivity index (χ0v) is 63.6. The molecule has 0 amide bonds. The Morgan fingerprint density at radius 3 is 0.716 bits per heavy atom. The fourth-order valence-electron chi connectivity index (χ4n) is 11.7. The molecule has 0 aromatic carbocycles. The molecule has 0 aliphatic rings. The highest BCUT2D eigenvalue weighted by molar-refractivity contribution is 7.47. The van der Waals surface area contributed by atoms with E-state index in [0.717, 1.165) is 95.8 Å². The number of unbranched alkanes of at least 4 members (excludes halogenated alkanes) is 48. The molecule has 0 radical (unpaired) electrons. The number of ether oxygens (including phenoxy) is 4. The molecule has 0 fully saturated rings. The normalized spacial score (nSPS) is 13.9. The second-order valence-electron chi connectivity index (χ2n) is 27.9. The molecule has 17 nitrogen and oxygen atoms in total. The molecular formula is C76H148O17P2. The van der Waals surface area contributed by atoms with Crippen molar-refractivity contribution in [1.82, 2.24) is 0 Å². The minimum absolute atomic E-state index is 0.107. The first-order valence-electron chi connectivity index (χ1n) is 39.6. The first kappa shape index (κ1) is 93.1. The Morgan fingerprint density at radius 2 is 0.484 bits per heavy atom. The van der Waals surface area contributed by atoms with Gasteiger partial charge in [-0.1, -0.05) is 349 Å². The Morgan fingerprint density at radius 1 is 0.284 bits per heavy atom. The molecule has 0 aliphatic heterocycles. The number of esters is 4. The first-order chi connectivity index (χ1) is 46.0. The minimum Gasteiger partial charge on any atom is -0.462 e. The average molecular weight is 1400 g/mol. The largest absolute Gasteiger partial charge is 0.472 e. The lowest BCUT2D eigenvalue weighted by atomic mass is 10.0. The molecule has 0 aliphatic carbocycles. The van der Waals surface area contributed by atoms with Gasteiger partial charge in [0.05, 0.1) is 26.4 Å². The number of rotatable bonds is 76. The Kier molecular flexibility index (Phi) is 67.7. The maximum atomic E-state index is 13.1. The molecule has 0 heterocycles. The van der Waals surface area contributed by atoms with Crippen molar-refractivity contribution in [2.75, 3.05) is 39.6 Å². The van der Waals surface area contributed by atoms with Gasteiger partial charge in [0.25, 0.3) is 0 Å². The van der Waals surface area contributed by atoms with Gasteiger partial charge in [0.15, 0.2) is 12.2 Å². The van der Waals surface area contributed by atoms with Crippen molar-refractivity contribution in [2.45, 2.75) is 419 Å². The second-order valence-corrected chi connectivity index (χ2v) is 30.8. The van der Waals surface area contributed by atoms with E-state index in [0.29, 0.717) is 25.7 Å². The standard InChI is InChI=1S/C76H148O17P2/c1-6-9-12-15-18-21-24-25-26-27-28-32-36-40-45-50-55-60-74(79)87-66-72(93-76(81)62-57-52-47-42-37-33-30-29-31-35-38-43-48-53-58-69(4)5)68-91-95(84,85)89-64-70(77)63-88-94(82,83)90-67-71(65-86-73(78)59-54-49-44-39-23-20-17-14-11-8-3)92-75(80)61-56-51-46-41-34-22-19-16-13-10-7-2/h69-72,77H,6-68H2,1-5H3,(H,82,83)(H,84,85)/t70-,71+,72+/m0/s1. The van der Waals surface area contributed by atoms with Crippen LogP contribution in [-0.4, -0.2) is 96.7 Å². The van der Waals surface area contributed by atoms with Crippen LogP contribution in [0.15, 0.2) is 0 Å². The van der Waals surface area contributed by atoms with Crippen LogP contribution in [0.1, 0.15) is 401 Å². The molecule has 95 heavy (non-hydrogen) atoms. The lowest BCUT2D eigenvalue weighted by molar-refractivity contribution is -0.161. The van der Waals surface area contributed by atoms with Crippen LogP contribution < -0.4 is 0 Å². The molecule has 3 N–H and O–H groups in total. The van der Waals surface area contributed by atoms with Crippen LogP contribution in [0.5, 0.6) is 0 Å². The van der Waals surface area contributed by atoms with Crippen LogP contribution in [0.25, 0.3) is 0 Å². The number of carbonyl (C=O) groups is 4. The third-order valence-corrected chi connectivity index (χ3v) is 19.7. The van der Waals surface area contributed by atoms with Crippen molar-refractivity contribution < 1.29 is 80.2 Å². The van der Waals surface area contributed by atoms with Crippen LogP contribution in [0, 0.1) is 5.92 Å². The van der Waals surface area contributed by atoms with Crippen LogP contribution in [0.3, 0.4) is 0 Å². The summed E-state index contributed by atoms with van der Waals surface area (Å²) in [6, 6.07) is 0. The van der Waals surface area contributed by atoms with E-state index in [1.165, 1.54) is 225 Å². The molecule has 564 valence electrons. The number of aliphatic hydroxyl groups is 1. The smallest absolute Gasteiger partial charge is 0.462 e. The summed E-state index contributed by atoms with van der Waals surface area (Å²) in [5.74, 6) is -1.32. The summed E-state index contributed by atoms with van der Waals surface area (Å²) in [5, 5.41) is 10.6. The summed E-state index contributed by atoms with van der Waals surface area (Å²) in [5.41, 5.74) is 0. The molecular weight excluding hydrogens is 1250 g/mol. The van der Waals surface area contributed by atoms with Gasteiger partial charge < -0.3 is 33.8 Å². The fourth-order valence-corrected chi connectivity index (χ4v) is 13.3. The van der Waals surface area contributed by atoms with Gasteiger partial charge in [-0.05, 0) is 31.6 Å². The van der Waals surface area contributed by atoms with E-state index < -0.39 is 97.5 Å². The van der Waals surface area contributed by atoms with Crippen LogP contribution >= 0.6 is 15.6 Å². The maximum absolute atomic E-state index is 13.1. The van der Waals surface area contributed by atoms with Gasteiger partial charge in [0, 0.05) is 25.7 Å². The van der Waals surface area contributed by atoms with E-state index in [1.54, 1.807) is 0 Å². The van der Waals surface area contributed by atoms with E-state index in [4.69, 9.17) is 37.0 Å². The van der Waals surface area contributed by atoms with Crippen molar-refractivity contribution in [1.29, 1.82) is 0 Å². The molecule has 19 heteroatoms. The summed E-state index contributed by atoms with van der Waals surface area (Å²) >= 11 is 0. The monoisotopic (exact) mass is 1400 g/mol. The number of phosphoric acid groups is 2. The summed E-state index contributed by atoms with van der Waals surface area (Å²) in [6.45, 7) is 7.31. The summed E-state index contributed by atoms with van der Waals surface area (Å²) in [7, 11) is -9.91. The highest BCUT2D eigenvalue weighted by Crippen LogP contribution is 2.45. The number of aliphatic hydroxyl groups excluding tert-OH is 1. The molecule has 0 spiro atoms. The van der Waals surface area contributed by atoms with E-state index in [-0.39, 0.29) is 25.7 Å². The third-order valence-electron chi connectivity index (χ3n) is 17.8. The van der Waals surface area contributed by atoms with Gasteiger partial charge >= 0.3 is 39.5 Å². The second kappa shape index (κ2) is 69.2.